The summed E-state index contributed by atoms with van der Waals surface area (Å²) in [5.74, 6) is 0.274. The fourth-order valence-corrected chi connectivity index (χ4v) is 2.29. The lowest BCUT2D eigenvalue weighted by Crippen LogP contribution is -2.38. The fourth-order valence-electron chi connectivity index (χ4n) is 2.29. The van der Waals surface area contributed by atoms with E-state index in [0.717, 1.165) is 31.6 Å². The lowest BCUT2D eigenvalue weighted by atomic mass is 9.84. The van der Waals surface area contributed by atoms with E-state index in [1.165, 1.54) is 0 Å². The first-order valence-electron chi connectivity index (χ1n) is 7.97. The summed E-state index contributed by atoms with van der Waals surface area (Å²) in [5, 5.41) is 6.75. The third kappa shape index (κ3) is 4.08. The van der Waals surface area contributed by atoms with E-state index in [-0.39, 0.29) is 23.7 Å². The molecule has 0 radical (unpaired) electrons. The zero-order valence-corrected chi connectivity index (χ0v) is 13.8. The summed E-state index contributed by atoms with van der Waals surface area (Å²) in [5.41, 5.74) is 0.404. The van der Waals surface area contributed by atoms with Crippen LogP contribution in [0.3, 0.4) is 0 Å². The molecule has 124 valence electrons. The summed E-state index contributed by atoms with van der Waals surface area (Å²) in [6.45, 7) is 8.65. The number of anilines is 1. The molecule has 6 heteroatoms. The van der Waals surface area contributed by atoms with Gasteiger partial charge >= 0.3 is 0 Å². The van der Waals surface area contributed by atoms with E-state index in [4.69, 9.17) is 14.0 Å². The lowest BCUT2D eigenvalue weighted by Gasteiger charge is -2.34. The summed E-state index contributed by atoms with van der Waals surface area (Å²) in [6, 6.07) is 1.76. The molecule has 1 aliphatic rings. The molecule has 1 saturated heterocycles. The van der Waals surface area contributed by atoms with Gasteiger partial charge in [-0.1, -0.05) is 25.9 Å². The van der Waals surface area contributed by atoms with Crippen LogP contribution in [0.1, 0.15) is 59.1 Å². The molecule has 0 bridgehead atoms. The number of hydrogen-bond acceptors (Lipinski definition) is 5. The monoisotopic (exact) mass is 310 g/mol. The average molecular weight is 310 g/mol. The van der Waals surface area contributed by atoms with E-state index in [9.17, 15) is 4.79 Å². The highest BCUT2D eigenvalue weighted by Gasteiger charge is 2.34. The Hall–Kier alpha value is -1.40. The number of aromatic nitrogens is 1. The Morgan fingerprint density at radius 2 is 2.32 bits per heavy atom. The first kappa shape index (κ1) is 17.0. The van der Waals surface area contributed by atoms with Crippen molar-refractivity contribution in [2.24, 2.45) is 0 Å². The van der Waals surface area contributed by atoms with Crippen LogP contribution in [0, 0.1) is 0 Å². The molecule has 0 aliphatic carbocycles. The van der Waals surface area contributed by atoms with Gasteiger partial charge in [0.15, 0.2) is 6.29 Å². The Morgan fingerprint density at radius 3 is 2.95 bits per heavy atom. The Bertz CT molecular complexity index is 492. The lowest BCUT2D eigenvalue weighted by molar-refractivity contribution is -0.196. The van der Waals surface area contributed by atoms with Gasteiger partial charge in [-0.15, -0.1) is 0 Å². The minimum Gasteiger partial charge on any atom is -0.353 e. The van der Waals surface area contributed by atoms with E-state index >= 15 is 0 Å². The predicted molar refractivity (Wildman–Crippen MR) is 82.6 cm³/mol. The molecule has 1 aliphatic heterocycles. The van der Waals surface area contributed by atoms with Crippen LogP contribution in [0.15, 0.2) is 10.6 Å². The molecular weight excluding hydrogens is 284 g/mol. The number of amides is 1. The van der Waals surface area contributed by atoms with Gasteiger partial charge in [-0.25, -0.2) is 0 Å². The SMILES string of the molecule is CCC(=O)Nc1cc(C(C)(C)[C@H](C)OC2CCCCO2)no1. The Morgan fingerprint density at radius 1 is 1.55 bits per heavy atom. The zero-order chi connectivity index (χ0) is 16.2. The number of rotatable bonds is 6. The van der Waals surface area contributed by atoms with Crippen molar-refractivity contribution in [1.82, 2.24) is 5.16 Å². The number of nitrogens with one attached hydrogen (secondary N) is 1. The van der Waals surface area contributed by atoms with Crippen molar-refractivity contribution in [2.45, 2.75) is 71.2 Å². The second-order valence-electron chi connectivity index (χ2n) is 6.27. The molecule has 2 heterocycles. The van der Waals surface area contributed by atoms with Crippen LogP contribution in [0.25, 0.3) is 0 Å². The maximum absolute atomic E-state index is 11.4. The Balaban J connectivity index is 2.00. The molecule has 0 aromatic carbocycles. The van der Waals surface area contributed by atoms with Gasteiger partial charge in [-0.3, -0.25) is 10.1 Å². The molecular formula is C16H26N2O4. The summed E-state index contributed by atoms with van der Waals surface area (Å²) in [6.07, 6.45) is 3.33. The maximum Gasteiger partial charge on any atom is 0.231 e. The second kappa shape index (κ2) is 7.24. The van der Waals surface area contributed by atoms with Crippen molar-refractivity contribution in [3.05, 3.63) is 11.8 Å². The first-order valence-corrected chi connectivity index (χ1v) is 7.97. The number of carbonyl (C=O) groups excluding carboxylic acids is 1. The molecule has 1 aromatic heterocycles. The highest BCUT2D eigenvalue weighted by atomic mass is 16.7. The second-order valence-corrected chi connectivity index (χ2v) is 6.27. The quantitative estimate of drug-likeness (QED) is 0.873. The van der Waals surface area contributed by atoms with Crippen molar-refractivity contribution in [1.29, 1.82) is 0 Å². The smallest absolute Gasteiger partial charge is 0.231 e. The van der Waals surface area contributed by atoms with Crippen LogP contribution < -0.4 is 5.32 Å². The third-order valence-corrected chi connectivity index (χ3v) is 4.26. The molecule has 22 heavy (non-hydrogen) atoms. The highest BCUT2D eigenvalue weighted by Crippen LogP contribution is 2.31. The largest absolute Gasteiger partial charge is 0.353 e. The van der Waals surface area contributed by atoms with E-state index in [2.05, 4.69) is 10.5 Å². The molecule has 2 rings (SSSR count). The summed E-state index contributed by atoms with van der Waals surface area (Å²) >= 11 is 0. The molecule has 1 N–H and O–H groups in total. The van der Waals surface area contributed by atoms with Crippen LogP contribution in [-0.4, -0.2) is 30.1 Å². The number of hydrogen-bond donors (Lipinski definition) is 1. The number of nitrogens with zero attached hydrogens (tertiary/aromatic N) is 1. The zero-order valence-electron chi connectivity index (χ0n) is 13.8. The van der Waals surface area contributed by atoms with E-state index in [1.807, 2.05) is 20.8 Å². The van der Waals surface area contributed by atoms with Gasteiger partial charge in [-0.2, -0.15) is 0 Å². The van der Waals surface area contributed by atoms with Crippen LogP contribution in [0.2, 0.25) is 0 Å². The van der Waals surface area contributed by atoms with Gasteiger partial charge in [0.05, 0.1) is 11.8 Å². The topological polar surface area (TPSA) is 73.6 Å². The minimum absolute atomic E-state index is 0.0876. The standard InChI is InChI=1S/C16H26N2O4/c1-5-13(19)17-14-10-12(18-22-14)16(3,4)11(2)21-15-8-6-7-9-20-15/h10-11,15H,5-9H2,1-4H3,(H,17,19)/t11-,15?/m0/s1. The fraction of sp³-hybridized carbons (Fsp3) is 0.750. The average Bonchev–Trinajstić information content (AvgIpc) is 2.97. The van der Waals surface area contributed by atoms with Crippen molar-refractivity contribution in [3.63, 3.8) is 0 Å². The van der Waals surface area contributed by atoms with Crippen LogP contribution in [0.5, 0.6) is 0 Å². The number of ether oxygens (including phenoxy) is 2. The molecule has 1 unspecified atom stereocenters. The first-order chi connectivity index (χ1) is 10.4. The molecule has 0 spiro atoms. The van der Waals surface area contributed by atoms with Gasteiger partial charge in [0.25, 0.3) is 0 Å². The van der Waals surface area contributed by atoms with E-state index in [1.54, 1.807) is 13.0 Å². The molecule has 1 aromatic rings. The van der Waals surface area contributed by atoms with E-state index < -0.39 is 0 Å². The van der Waals surface area contributed by atoms with Crippen molar-refractivity contribution < 1.29 is 18.8 Å². The molecule has 6 nitrogen and oxygen atoms in total. The van der Waals surface area contributed by atoms with E-state index in [0.29, 0.717) is 12.3 Å². The molecule has 1 amide bonds. The van der Waals surface area contributed by atoms with Gasteiger partial charge in [0, 0.05) is 24.5 Å². The predicted octanol–water partition coefficient (Wildman–Crippen LogP) is 3.23. The van der Waals surface area contributed by atoms with Crippen LogP contribution in [0.4, 0.5) is 5.88 Å². The van der Waals surface area contributed by atoms with Gasteiger partial charge in [0.2, 0.25) is 11.8 Å². The van der Waals surface area contributed by atoms with Crippen molar-refractivity contribution in [3.8, 4) is 0 Å². The normalized spacial score (nSPS) is 20.6. The summed E-state index contributed by atoms with van der Waals surface area (Å²) in [4.78, 5) is 11.4. The Kier molecular flexibility index (Phi) is 5.58. The summed E-state index contributed by atoms with van der Waals surface area (Å²) < 4.78 is 16.9. The molecule has 0 saturated carbocycles. The Labute approximate surface area is 131 Å². The molecule has 1 fully saturated rings. The van der Waals surface area contributed by atoms with Gasteiger partial charge in [0.1, 0.15) is 0 Å². The number of carbonyl (C=O) groups is 1. The summed E-state index contributed by atoms with van der Waals surface area (Å²) in [7, 11) is 0. The van der Waals surface area contributed by atoms with Crippen molar-refractivity contribution >= 4 is 11.8 Å². The maximum atomic E-state index is 11.4. The minimum atomic E-state index is -0.348. The molecule has 2 atom stereocenters. The highest BCUT2D eigenvalue weighted by molar-refractivity contribution is 5.89. The third-order valence-electron chi connectivity index (χ3n) is 4.26. The van der Waals surface area contributed by atoms with Crippen LogP contribution in [-0.2, 0) is 19.7 Å². The van der Waals surface area contributed by atoms with Gasteiger partial charge < -0.3 is 14.0 Å². The van der Waals surface area contributed by atoms with Gasteiger partial charge in [-0.05, 0) is 26.2 Å². The van der Waals surface area contributed by atoms with Crippen molar-refractivity contribution in [2.75, 3.05) is 11.9 Å². The van der Waals surface area contributed by atoms with Crippen LogP contribution >= 0.6 is 0 Å².